The summed E-state index contributed by atoms with van der Waals surface area (Å²) in [5.41, 5.74) is 0.897. The lowest BCUT2D eigenvalue weighted by Crippen LogP contribution is -2.31. The Kier molecular flexibility index (Phi) is 4.63. The monoisotopic (exact) mass is 264 g/mol. The van der Waals surface area contributed by atoms with Crippen LogP contribution in [0.25, 0.3) is 0 Å². The molecule has 1 unspecified atom stereocenters. The number of nitrogens with one attached hydrogen (secondary N) is 1. The van der Waals surface area contributed by atoms with Crippen LogP contribution in [0.2, 0.25) is 0 Å². The standard InChI is InChI=1S/C14H20N2O3/c1-2-13(17)11-3-5-12(6-4-11)19-10-9-16-8-7-15-14(16)18/h3-6,13,17H,2,7-10H2,1H3,(H,15,18). The third-order valence-corrected chi connectivity index (χ3v) is 3.23. The molecule has 1 atom stereocenters. The third kappa shape index (κ3) is 3.61. The number of carbonyl (C=O) groups excluding carboxylic acids is 1. The number of aliphatic hydroxyl groups excluding tert-OH is 1. The molecule has 0 spiro atoms. The van der Waals surface area contributed by atoms with Crippen LogP contribution in [0.5, 0.6) is 5.75 Å². The van der Waals surface area contributed by atoms with E-state index in [1.54, 1.807) is 4.90 Å². The van der Waals surface area contributed by atoms with Gasteiger partial charge in [0.05, 0.1) is 12.6 Å². The van der Waals surface area contributed by atoms with Crippen LogP contribution < -0.4 is 10.1 Å². The molecule has 1 heterocycles. The second-order valence-corrected chi connectivity index (χ2v) is 4.56. The number of hydrogen-bond donors (Lipinski definition) is 2. The van der Waals surface area contributed by atoms with Crippen LogP contribution in [0, 0.1) is 0 Å². The van der Waals surface area contributed by atoms with Crippen LogP contribution in [-0.4, -0.2) is 42.3 Å². The summed E-state index contributed by atoms with van der Waals surface area (Å²) in [7, 11) is 0. The van der Waals surface area contributed by atoms with Gasteiger partial charge in [0.2, 0.25) is 0 Å². The normalized spacial score (nSPS) is 16.3. The lowest BCUT2D eigenvalue weighted by atomic mass is 10.1. The first kappa shape index (κ1) is 13.7. The molecule has 0 aromatic heterocycles. The highest BCUT2D eigenvalue weighted by Crippen LogP contribution is 2.19. The molecule has 19 heavy (non-hydrogen) atoms. The average Bonchev–Trinajstić information content (AvgIpc) is 2.84. The molecule has 0 saturated carbocycles. The predicted molar refractivity (Wildman–Crippen MR) is 72.2 cm³/mol. The minimum atomic E-state index is -0.414. The van der Waals surface area contributed by atoms with E-state index in [-0.39, 0.29) is 6.03 Å². The average molecular weight is 264 g/mol. The minimum Gasteiger partial charge on any atom is -0.492 e. The van der Waals surface area contributed by atoms with E-state index < -0.39 is 6.10 Å². The van der Waals surface area contributed by atoms with Gasteiger partial charge in [-0.15, -0.1) is 0 Å². The fraction of sp³-hybridized carbons (Fsp3) is 0.500. The van der Waals surface area contributed by atoms with Gasteiger partial charge in [0, 0.05) is 13.1 Å². The van der Waals surface area contributed by atoms with E-state index >= 15 is 0 Å². The van der Waals surface area contributed by atoms with Gasteiger partial charge in [-0.3, -0.25) is 0 Å². The van der Waals surface area contributed by atoms with Crippen molar-refractivity contribution in [1.82, 2.24) is 10.2 Å². The summed E-state index contributed by atoms with van der Waals surface area (Å²) < 4.78 is 5.58. The Morgan fingerprint density at radius 1 is 1.42 bits per heavy atom. The van der Waals surface area contributed by atoms with Crippen LogP contribution in [0.15, 0.2) is 24.3 Å². The lowest BCUT2D eigenvalue weighted by molar-refractivity contribution is 0.173. The minimum absolute atomic E-state index is 0.0231. The van der Waals surface area contributed by atoms with Crippen LogP contribution in [0.3, 0.4) is 0 Å². The lowest BCUT2D eigenvalue weighted by Gasteiger charge is -2.15. The van der Waals surface area contributed by atoms with Gasteiger partial charge in [0.15, 0.2) is 0 Å². The van der Waals surface area contributed by atoms with Crippen molar-refractivity contribution in [2.24, 2.45) is 0 Å². The molecule has 1 aromatic carbocycles. The summed E-state index contributed by atoms with van der Waals surface area (Å²) in [6, 6.07) is 7.40. The van der Waals surface area contributed by atoms with Crippen LogP contribution in [0.1, 0.15) is 25.0 Å². The van der Waals surface area contributed by atoms with E-state index in [2.05, 4.69) is 5.32 Å². The Bertz CT molecular complexity index is 419. The topological polar surface area (TPSA) is 61.8 Å². The highest BCUT2D eigenvalue weighted by atomic mass is 16.5. The molecule has 5 nitrogen and oxygen atoms in total. The number of aliphatic hydroxyl groups is 1. The Balaban J connectivity index is 1.78. The summed E-state index contributed by atoms with van der Waals surface area (Å²) in [5, 5.41) is 12.4. The maximum absolute atomic E-state index is 11.3. The number of rotatable bonds is 6. The summed E-state index contributed by atoms with van der Waals surface area (Å²) in [6.07, 6.45) is 0.284. The SMILES string of the molecule is CCC(O)c1ccc(OCCN2CCNC2=O)cc1. The van der Waals surface area contributed by atoms with Crippen LogP contribution in [-0.2, 0) is 0 Å². The first-order valence-corrected chi connectivity index (χ1v) is 6.64. The van der Waals surface area contributed by atoms with Gasteiger partial charge in [0.1, 0.15) is 12.4 Å². The van der Waals surface area contributed by atoms with E-state index in [9.17, 15) is 9.90 Å². The Hall–Kier alpha value is -1.75. The second-order valence-electron chi connectivity index (χ2n) is 4.56. The molecular weight excluding hydrogens is 244 g/mol. The van der Waals surface area contributed by atoms with Gasteiger partial charge < -0.3 is 20.1 Å². The van der Waals surface area contributed by atoms with Gasteiger partial charge in [0.25, 0.3) is 0 Å². The number of ether oxygens (including phenoxy) is 1. The second kappa shape index (κ2) is 6.43. The zero-order valence-corrected chi connectivity index (χ0v) is 11.1. The van der Waals surface area contributed by atoms with Gasteiger partial charge in [-0.25, -0.2) is 4.79 Å². The van der Waals surface area contributed by atoms with Crippen molar-refractivity contribution in [1.29, 1.82) is 0 Å². The molecule has 1 fully saturated rings. The molecular formula is C14H20N2O3. The first-order chi connectivity index (χ1) is 9.20. The Morgan fingerprint density at radius 2 is 2.16 bits per heavy atom. The molecule has 5 heteroatoms. The van der Waals surface area contributed by atoms with E-state index in [1.165, 1.54) is 0 Å². The van der Waals surface area contributed by atoms with Crippen molar-refractivity contribution in [2.45, 2.75) is 19.4 Å². The van der Waals surface area contributed by atoms with E-state index in [0.29, 0.717) is 26.1 Å². The predicted octanol–water partition coefficient (Wildman–Crippen LogP) is 1.53. The molecule has 2 rings (SSSR count). The Labute approximate surface area is 113 Å². The maximum Gasteiger partial charge on any atom is 0.317 e. The van der Waals surface area contributed by atoms with Crippen molar-refractivity contribution in [2.75, 3.05) is 26.2 Å². The molecule has 0 aliphatic carbocycles. The van der Waals surface area contributed by atoms with Gasteiger partial charge in [-0.1, -0.05) is 19.1 Å². The van der Waals surface area contributed by atoms with Gasteiger partial charge >= 0.3 is 6.03 Å². The fourth-order valence-corrected chi connectivity index (χ4v) is 2.02. The highest BCUT2D eigenvalue weighted by Gasteiger charge is 2.18. The molecule has 1 aliphatic heterocycles. The maximum atomic E-state index is 11.3. The van der Waals surface area contributed by atoms with Crippen molar-refractivity contribution in [3.8, 4) is 5.75 Å². The Morgan fingerprint density at radius 3 is 2.74 bits per heavy atom. The van der Waals surface area contributed by atoms with Crippen LogP contribution in [0.4, 0.5) is 4.79 Å². The van der Waals surface area contributed by atoms with E-state index in [4.69, 9.17) is 4.74 Å². The molecule has 1 aromatic rings. The highest BCUT2D eigenvalue weighted by molar-refractivity contribution is 5.76. The first-order valence-electron chi connectivity index (χ1n) is 6.64. The number of benzene rings is 1. The fourth-order valence-electron chi connectivity index (χ4n) is 2.02. The van der Waals surface area contributed by atoms with E-state index in [1.807, 2.05) is 31.2 Å². The molecule has 0 radical (unpaired) electrons. The summed E-state index contributed by atoms with van der Waals surface area (Å²) in [5.74, 6) is 0.756. The number of hydrogen-bond acceptors (Lipinski definition) is 3. The number of nitrogens with zero attached hydrogens (tertiary/aromatic N) is 1. The molecule has 1 saturated heterocycles. The quantitative estimate of drug-likeness (QED) is 0.819. The zero-order chi connectivity index (χ0) is 13.7. The number of urea groups is 1. The van der Waals surface area contributed by atoms with Crippen molar-refractivity contribution < 1.29 is 14.6 Å². The molecule has 1 aliphatic rings. The number of amides is 2. The number of carbonyl (C=O) groups is 1. The molecule has 0 bridgehead atoms. The van der Waals surface area contributed by atoms with Crippen LogP contribution >= 0.6 is 0 Å². The van der Waals surface area contributed by atoms with Gasteiger partial charge in [-0.05, 0) is 24.1 Å². The van der Waals surface area contributed by atoms with Gasteiger partial charge in [-0.2, -0.15) is 0 Å². The molecule has 2 amide bonds. The third-order valence-electron chi connectivity index (χ3n) is 3.23. The summed E-state index contributed by atoms with van der Waals surface area (Å²) in [6.45, 7) is 4.46. The largest absolute Gasteiger partial charge is 0.492 e. The molecule has 104 valence electrons. The summed E-state index contributed by atoms with van der Waals surface area (Å²) >= 11 is 0. The summed E-state index contributed by atoms with van der Waals surface area (Å²) in [4.78, 5) is 13.0. The van der Waals surface area contributed by atoms with Crippen molar-refractivity contribution >= 4 is 6.03 Å². The van der Waals surface area contributed by atoms with Crippen molar-refractivity contribution in [3.63, 3.8) is 0 Å². The smallest absolute Gasteiger partial charge is 0.317 e. The van der Waals surface area contributed by atoms with Crippen molar-refractivity contribution in [3.05, 3.63) is 29.8 Å². The zero-order valence-electron chi connectivity index (χ0n) is 11.1. The molecule has 2 N–H and O–H groups in total. The van der Waals surface area contributed by atoms with E-state index in [0.717, 1.165) is 17.9 Å².